The van der Waals surface area contributed by atoms with E-state index in [1.807, 2.05) is 6.07 Å². The van der Waals surface area contributed by atoms with Crippen molar-refractivity contribution in [1.82, 2.24) is 4.90 Å². The number of thioether (sulfide) groups is 1. The Hall–Kier alpha value is -2.20. The van der Waals surface area contributed by atoms with Crippen LogP contribution in [-0.4, -0.2) is 39.2 Å². The highest BCUT2D eigenvalue weighted by atomic mass is 32.2. The Labute approximate surface area is 120 Å². The second-order valence-electron chi connectivity index (χ2n) is 4.28. The lowest BCUT2D eigenvalue weighted by atomic mass is 10.2. The molecule has 0 bridgehead atoms. The zero-order valence-corrected chi connectivity index (χ0v) is 11.6. The molecule has 1 aromatic carbocycles. The highest BCUT2D eigenvalue weighted by Crippen LogP contribution is 2.29. The average Bonchev–Trinajstić information content (AvgIpc) is 2.81. The molecule has 104 valence electrons. The van der Waals surface area contributed by atoms with Gasteiger partial charge in [-0.25, -0.2) is 9.59 Å². The maximum Gasteiger partial charge on any atom is 0.327 e. The number of carboxylic acids is 1. The molecule has 20 heavy (non-hydrogen) atoms. The van der Waals surface area contributed by atoms with Crippen LogP contribution in [0.2, 0.25) is 0 Å². The molecule has 2 N–H and O–H groups in total. The van der Waals surface area contributed by atoms with Crippen molar-refractivity contribution in [2.24, 2.45) is 0 Å². The number of urea groups is 1. The van der Waals surface area contributed by atoms with Gasteiger partial charge in [-0.3, -0.25) is 4.90 Å². The lowest BCUT2D eigenvalue weighted by molar-refractivity contribution is -0.141. The first-order chi connectivity index (χ1) is 9.54. The maximum absolute atomic E-state index is 12.2. The summed E-state index contributed by atoms with van der Waals surface area (Å²) < 4.78 is 0. The third-order valence-electron chi connectivity index (χ3n) is 3.03. The molecule has 0 aliphatic carbocycles. The van der Waals surface area contributed by atoms with Crippen molar-refractivity contribution < 1.29 is 14.7 Å². The number of carboxylic acid groups (broad SMARTS) is 1. The van der Waals surface area contributed by atoms with Crippen molar-refractivity contribution in [3.8, 4) is 6.07 Å². The van der Waals surface area contributed by atoms with Gasteiger partial charge in [0.25, 0.3) is 0 Å². The van der Waals surface area contributed by atoms with Gasteiger partial charge in [-0.15, -0.1) is 11.8 Å². The minimum absolute atomic E-state index is 0.217. The normalized spacial score (nSPS) is 21.3. The second-order valence-corrected chi connectivity index (χ2v) is 5.63. The van der Waals surface area contributed by atoms with Crippen LogP contribution in [0.5, 0.6) is 0 Å². The molecule has 1 aliphatic rings. The van der Waals surface area contributed by atoms with E-state index in [1.54, 1.807) is 31.2 Å². The Morgan fingerprint density at radius 2 is 2.20 bits per heavy atom. The van der Waals surface area contributed by atoms with Gasteiger partial charge < -0.3 is 10.4 Å². The van der Waals surface area contributed by atoms with Crippen LogP contribution in [0.4, 0.5) is 10.5 Å². The monoisotopic (exact) mass is 291 g/mol. The number of carbonyl (C=O) groups excluding carboxylic acids is 1. The van der Waals surface area contributed by atoms with Gasteiger partial charge in [-0.05, 0) is 19.1 Å². The fourth-order valence-corrected chi connectivity index (χ4v) is 3.18. The quantitative estimate of drug-likeness (QED) is 0.868. The van der Waals surface area contributed by atoms with Crippen LogP contribution in [0.1, 0.15) is 12.5 Å². The van der Waals surface area contributed by atoms with Crippen LogP contribution in [0.15, 0.2) is 24.3 Å². The van der Waals surface area contributed by atoms with Gasteiger partial charge in [0.2, 0.25) is 0 Å². The summed E-state index contributed by atoms with van der Waals surface area (Å²) in [5, 5.41) is 20.5. The number of nitriles is 1. The summed E-state index contributed by atoms with van der Waals surface area (Å²) in [5.74, 6) is -0.658. The maximum atomic E-state index is 12.2. The Morgan fingerprint density at radius 3 is 2.85 bits per heavy atom. The molecular weight excluding hydrogens is 278 g/mol. The number of para-hydroxylation sites is 1. The molecule has 0 spiro atoms. The molecule has 2 amide bonds. The smallest absolute Gasteiger partial charge is 0.327 e. The SMILES string of the molecule is CC1SCC(C(=O)O)N1C(=O)Nc1ccccc1C#N. The average molecular weight is 291 g/mol. The van der Waals surface area contributed by atoms with E-state index in [-0.39, 0.29) is 5.37 Å². The molecule has 0 radical (unpaired) electrons. The second kappa shape index (κ2) is 5.84. The molecule has 1 fully saturated rings. The van der Waals surface area contributed by atoms with Crippen molar-refractivity contribution in [2.45, 2.75) is 18.3 Å². The first kappa shape index (κ1) is 14.2. The number of nitrogens with zero attached hydrogens (tertiary/aromatic N) is 2. The van der Waals surface area contributed by atoms with Gasteiger partial charge in [0.05, 0.1) is 16.6 Å². The minimum atomic E-state index is -1.02. The Balaban J connectivity index is 2.19. The number of amides is 2. The Bertz CT molecular complexity index is 584. The van der Waals surface area contributed by atoms with Crippen LogP contribution < -0.4 is 5.32 Å². The number of carbonyl (C=O) groups is 2. The first-order valence-corrected chi connectivity index (χ1v) is 7.02. The number of aliphatic carboxylic acids is 1. The predicted octanol–water partition coefficient (Wildman–Crippen LogP) is 1.94. The Kier molecular flexibility index (Phi) is 4.15. The first-order valence-electron chi connectivity index (χ1n) is 5.97. The van der Waals surface area contributed by atoms with Crippen LogP contribution in [0.25, 0.3) is 0 Å². The predicted molar refractivity (Wildman–Crippen MR) is 75.4 cm³/mol. The standard InChI is InChI=1S/C13H13N3O3S/c1-8-16(11(7-20-8)12(17)18)13(19)15-10-5-3-2-4-9(10)6-14/h2-5,8,11H,7H2,1H3,(H,15,19)(H,17,18). The summed E-state index contributed by atoms with van der Waals surface area (Å²) in [7, 11) is 0. The number of rotatable bonds is 2. The van der Waals surface area contributed by atoms with Crippen molar-refractivity contribution in [3.63, 3.8) is 0 Å². The van der Waals surface area contributed by atoms with Gasteiger partial charge in [0, 0.05) is 5.75 Å². The van der Waals surface area contributed by atoms with E-state index in [9.17, 15) is 9.59 Å². The molecule has 1 saturated heterocycles. The van der Waals surface area contributed by atoms with Gasteiger partial charge in [-0.1, -0.05) is 12.1 Å². The molecule has 2 unspecified atom stereocenters. The molecular formula is C13H13N3O3S. The molecule has 2 atom stereocenters. The molecule has 1 aromatic rings. The van der Waals surface area contributed by atoms with Gasteiger partial charge in [-0.2, -0.15) is 5.26 Å². The summed E-state index contributed by atoms with van der Waals surface area (Å²) in [4.78, 5) is 24.7. The number of anilines is 1. The number of nitrogens with one attached hydrogen (secondary N) is 1. The summed E-state index contributed by atoms with van der Waals surface area (Å²) in [6.45, 7) is 1.78. The molecule has 0 saturated carbocycles. The topological polar surface area (TPSA) is 93.4 Å². The largest absolute Gasteiger partial charge is 0.480 e. The lowest BCUT2D eigenvalue weighted by Crippen LogP contribution is -2.46. The third kappa shape index (κ3) is 2.70. The number of hydrogen-bond acceptors (Lipinski definition) is 4. The molecule has 7 heteroatoms. The fraction of sp³-hybridized carbons (Fsp3) is 0.308. The number of hydrogen-bond donors (Lipinski definition) is 2. The molecule has 6 nitrogen and oxygen atoms in total. The molecule has 0 aromatic heterocycles. The zero-order valence-electron chi connectivity index (χ0n) is 10.7. The summed E-state index contributed by atoms with van der Waals surface area (Å²) in [6, 6.07) is 7.24. The van der Waals surface area contributed by atoms with Crippen LogP contribution in [0.3, 0.4) is 0 Å². The van der Waals surface area contributed by atoms with E-state index in [1.165, 1.54) is 16.7 Å². The minimum Gasteiger partial charge on any atom is -0.480 e. The van der Waals surface area contributed by atoms with Gasteiger partial charge in [0.1, 0.15) is 12.1 Å². The highest BCUT2D eigenvalue weighted by Gasteiger charge is 2.39. The van der Waals surface area contributed by atoms with E-state index < -0.39 is 18.0 Å². The van der Waals surface area contributed by atoms with E-state index in [0.29, 0.717) is 17.0 Å². The van der Waals surface area contributed by atoms with Crippen LogP contribution >= 0.6 is 11.8 Å². The van der Waals surface area contributed by atoms with E-state index in [2.05, 4.69) is 5.32 Å². The highest BCUT2D eigenvalue weighted by molar-refractivity contribution is 8.00. The van der Waals surface area contributed by atoms with Crippen LogP contribution in [0, 0.1) is 11.3 Å². The third-order valence-corrected chi connectivity index (χ3v) is 4.25. The van der Waals surface area contributed by atoms with E-state index in [0.717, 1.165) is 0 Å². The van der Waals surface area contributed by atoms with Crippen molar-refractivity contribution in [2.75, 3.05) is 11.1 Å². The van der Waals surface area contributed by atoms with E-state index in [4.69, 9.17) is 10.4 Å². The van der Waals surface area contributed by atoms with E-state index >= 15 is 0 Å². The lowest BCUT2D eigenvalue weighted by Gasteiger charge is -2.25. The molecule has 1 heterocycles. The Morgan fingerprint density at radius 1 is 1.50 bits per heavy atom. The van der Waals surface area contributed by atoms with Crippen LogP contribution in [-0.2, 0) is 4.79 Å². The van der Waals surface area contributed by atoms with Gasteiger partial charge in [0.15, 0.2) is 0 Å². The number of benzene rings is 1. The summed E-state index contributed by atoms with van der Waals surface area (Å²) in [6.07, 6.45) is 0. The molecule has 2 rings (SSSR count). The van der Waals surface area contributed by atoms with Gasteiger partial charge >= 0.3 is 12.0 Å². The zero-order chi connectivity index (χ0) is 14.7. The van der Waals surface area contributed by atoms with Crippen molar-refractivity contribution in [3.05, 3.63) is 29.8 Å². The summed E-state index contributed by atoms with van der Waals surface area (Å²) in [5.41, 5.74) is 0.723. The molecule has 1 aliphatic heterocycles. The van der Waals surface area contributed by atoms with Crippen molar-refractivity contribution >= 4 is 29.4 Å². The summed E-state index contributed by atoms with van der Waals surface area (Å²) >= 11 is 1.41. The fourth-order valence-electron chi connectivity index (χ4n) is 2.01. The van der Waals surface area contributed by atoms with Crippen molar-refractivity contribution in [1.29, 1.82) is 5.26 Å².